The van der Waals surface area contributed by atoms with E-state index in [-0.39, 0.29) is 0 Å². The number of fused-ring (bicyclic) bond motifs is 9. The molecule has 6 heteroatoms. The first-order valence-electron chi connectivity index (χ1n) is 17.3. The third-order valence-electron chi connectivity index (χ3n) is 10.1. The van der Waals surface area contributed by atoms with E-state index < -0.39 is 0 Å². The number of pyridine rings is 1. The minimum Gasteiger partial charge on any atom is -0.456 e. The van der Waals surface area contributed by atoms with Crippen LogP contribution in [-0.2, 0) is 0 Å². The molecule has 52 heavy (non-hydrogen) atoms. The van der Waals surface area contributed by atoms with Crippen LogP contribution in [0.3, 0.4) is 0 Å². The molecular formula is C46H27N5O. The Hall–Kier alpha value is -7.18. The molecule has 11 aromatic rings. The fourth-order valence-corrected chi connectivity index (χ4v) is 7.80. The number of hydrogen-bond acceptors (Lipinski definition) is 5. The number of rotatable bonds is 4. The van der Waals surface area contributed by atoms with Crippen LogP contribution >= 0.6 is 0 Å². The highest BCUT2D eigenvalue weighted by Gasteiger charge is 2.20. The van der Waals surface area contributed by atoms with Gasteiger partial charge in [0.05, 0.1) is 11.0 Å². The number of benzene rings is 7. The Morgan fingerprint density at radius 3 is 1.85 bits per heavy atom. The van der Waals surface area contributed by atoms with Crippen molar-refractivity contribution in [1.82, 2.24) is 24.5 Å². The van der Waals surface area contributed by atoms with Crippen LogP contribution in [0, 0.1) is 0 Å². The Kier molecular flexibility index (Phi) is 6.15. The van der Waals surface area contributed by atoms with Gasteiger partial charge in [0.25, 0.3) is 0 Å². The van der Waals surface area contributed by atoms with Gasteiger partial charge in [0, 0.05) is 56.3 Å². The van der Waals surface area contributed by atoms with Crippen LogP contribution < -0.4 is 0 Å². The Morgan fingerprint density at radius 2 is 1.08 bits per heavy atom. The van der Waals surface area contributed by atoms with E-state index in [4.69, 9.17) is 19.4 Å². The molecule has 6 nitrogen and oxygen atoms in total. The quantitative estimate of drug-likeness (QED) is 0.175. The fourth-order valence-electron chi connectivity index (χ4n) is 7.80. The molecule has 0 atom stereocenters. The summed E-state index contributed by atoms with van der Waals surface area (Å²) in [4.78, 5) is 20.0. The predicted molar refractivity (Wildman–Crippen MR) is 211 cm³/mol. The minimum atomic E-state index is 0.570. The van der Waals surface area contributed by atoms with Crippen LogP contribution in [0.1, 0.15) is 0 Å². The molecule has 4 heterocycles. The van der Waals surface area contributed by atoms with Gasteiger partial charge >= 0.3 is 0 Å². The predicted octanol–water partition coefficient (Wildman–Crippen LogP) is 11.6. The second-order valence-electron chi connectivity index (χ2n) is 13.1. The van der Waals surface area contributed by atoms with E-state index in [1.54, 1.807) is 6.20 Å². The third-order valence-corrected chi connectivity index (χ3v) is 10.1. The Labute approximate surface area is 297 Å². The lowest BCUT2D eigenvalue weighted by molar-refractivity contribution is 0.668. The molecule has 0 saturated carbocycles. The number of hydrogen-bond donors (Lipinski definition) is 0. The van der Waals surface area contributed by atoms with Crippen LogP contribution in [0.2, 0.25) is 0 Å². The van der Waals surface area contributed by atoms with Crippen molar-refractivity contribution in [3.8, 4) is 39.9 Å². The van der Waals surface area contributed by atoms with Gasteiger partial charge in [0.15, 0.2) is 17.5 Å². The summed E-state index contributed by atoms with van der Waals surface area (Å²) < 4.78 is 8.56. The zero-order chi connectivity index (χ0) is 34.2. The molecule has 11 rings (SSSR count). The lowest BCUT2D eigenvalue weighted by Gasteiger charge is -2.13. The van der Waals surface area contributed by atoms with Gasteiger partial charge in [0.2, 0.25) is 0 Å². The zero-order valence-corrected chi connectivity index (χ0v) is 27.7. The van der Waals surface area contributed by atoms with Crippen LogP contribution in [-0.4, -0.2) is 24.5 Å². The van der Waals surface area contributed by atoms with Gasteiger partial charge < -0.3 is 8.98 Å². The molecule has 0 saturated heterocycles. The number of aromatic nitrogens is 5. The van der Waals surface area contributed by atoms with Gasteiger partial charge in [-0.05, 0) is 76.1 Å². The van der Waals surface area contributed by atoms with E-state index >= 15 is 0 Å². The highest BCUT2D eigenvalue weighted by Crippen LogP contribution is 2.39. The monoisotopic (exact) mass is 665 g/mol. The van der Waals surface area contributed by atoms with Crippen molar-refractivity contribution in [3.05, 3.63) is 164 Å². The third kappa shape index (κ3) is 4.31. The fraction of sp³-hybridized carbons (Fsp3) is 0. The summed E-state index contributed by atoms with van der Waals surface area (Å²) in [6.45, 7) is 0. The van der Waals surface area contributed by atoms with Crippen molar-refractivity contribution in [2.75, 3.05) is 0 Å². The first-order chi connectivity index (χ1) is 25.8. The van der Waals surface area contributed by atoms with Crippen LogP contribution in [0.15, 0.2) is 168 Å². The lowest BCUT2D eigenvalue weighted by atomic mass is 9.97. The first-order valence-corrected chi connectivity index (χ1v) is 17.3. The molecule has 0 unspecified atom stereocenters. The number of para-hydroxylation sites is 2. The highest BCUT2D eigenvalue weighted by molar-refractivity contribution is 6.14. The summed E-state index contributed by atoms with van der Waals surface area (Å²) in [6.07, 6.45) is 3.59. The molecule has 242 valence electrons. The van der Waals surface area contributed by atoms with Crippen LogP contribution in [0.4, 0.5) is 0 Å². The SMILES string of the molecule is c1ccc2c(c1)cc(-c1nc(-c3ccc(-n4c5ccccc5c5ccccc54)cc3)nc(-c3cccc4oc5ccncc5c34)n1)c1ccccc12. The van der Waals surface area contributed by atoms with E-state index in [0.29, 0.717) is 17.5 Å². The molecule has 0 amide bonds. The molecule has 0 spiro atoms. The van der Waals surface area contributed by atoms with E-state index in [0.717, 1.165) is 60.5 Å². The van der Waals surface area contributed by atoms with Gasteiger partial charge in [-0.2, -0.15) is 0 Å². The van der Waals surface area contributed by atoms with E-state index in [1.807, 2.05) is 24.4 Å². The maximum atomic E-state index is 6.25. The molecule has 7 aromatic carbocycles. The van der Waals surface area contributed by atoms with Gasteiger partial charge in [0.1, 0.15) is 11.2 Å². The second-order valence-corrected chi connectivity index (χ2v) is 13.1. The van der Waals surface area contributed by atoms with Crippen molar-refractivity contribution in [3.63, 3.8) is 0 Å². The smallest absolute Gasteiger partial charge is 0.164 e. The molecule has 4 aromatic heterocycles. The summed E-state index contributed by atoms with van der Waals surface area (Å²) in [6, 6.07) is 52.7. The highest BCUT2D eigenvalue weighted by atomic mass is 16.3. The Morgan fingerprint density at radius 1 is 0.442 bits per heavy atom. The zero-order valence-electron chi connectivity index (χ0n) is 27.7. The minimum absolute atomic E-state index is 0.570. The summed E-state index contributed by atoms with van der Waals surface area (Å²) >= 11 is 0. The summed E-state index contributed by atoms with van der Waals surface area (Å²) in [5, 5.41) is 8.87. The molecule has 0 bridgehead atoms. The molecular weight excluding hydrogens is 639 g/mol. The Bertz CT molecular complexity index is 3140. The Balaban J connectivity index is 1.15. The topological polar surface area (TPSA) is 69.6 Å². The maximum Gasteiger partial charge on any atom is 0.164 e. The van der Waals surface area contributed by atoms with Gasteiger partial charge in [-0.25, -0.2) is 15.0 Å². The van der Waals surface area contributed by atoms with Crippen LogP contribution in [0.5, 0.6) is 0 Å². The van der Waals surface area contributed by atoms with Crippen molar-refractivity contribution >= 4 is 65.3 Å². The van der Waals surface area contributed by atoms with Gasteiger partial charge in [-0.15, -0.1) is 0 Å². The molecule has 0 aliphatic rings. The van der Waals surface area contributed by atoms with Crippen molar-refractivity contribution in [2.45, 2.75) is 0 Å². The van der Waals surface area contributed by atoms with Gasteiger partial charge in [-0.1, -0.05) is 97.1 Å². The number of nitrogens with zero attached hydrogens (tertiary/aromatic N) is 5. The first kappa shape index (κ1) is 28.6. The van der Waals surface area contributed by atoms with E-state index in [9.17, 15) is 0 Å². The van der Waals surface area contributed by atoms with Crippen molar-refractivity contribution in [1.29, 1.82) is 0 Å². The van der Waals surface area contributed by atoms with Crippen LogP contribution in [0.25, 0.3) is 105 Å². The number of furan rings is 1. The standard InChI is InChI=1S/C46H27N5O/c1-2-11-31-29(10-1)26-37(33-13-4-3-12-32(31)33)46-49-44(48-45(50-46)36-16-9-19-42-43(36)38-27-47-25-24-41(38)52-42)28-20-22-30(23-21-28)51-39-17-7-5-14-34(39)35-15-6-8-18-40(35)51/h1-27H. The summed E-state index contributed by atoms with van der Waals surface area (Å²) in [5.74, 6) is 1.77. The van der Waals surface area contributed by atoms with E-state index in [1.165, 1.54) is 27.2 Å². The normalized spacial score (nSPS) is 11.8. The maximum absolute atomic E-state index is 6.25. The van der Waals surface area contributed by atoms with Crippen molar-refractivity contribution in [2.24, 2.45) is 0 Å². The van der Waals surface area contributed by atoms with Gasteiger partial charge in [-0.3, -0.25) is 4.98 Å². The second kappa shape index (κ2) is 11.2. The lowest BCUT2D eigenvalue weighted by Crippen LogP contribution is -2.01. The summed E-state index contributed by atoms with van der Waals surface area (Å²) in [7, 11) is 0. The largest absolute Gasteiger partial charge is 0.456 e. The van der Waals surface area contributed by atoms with E-state index in [2.05, 4.69) is 143 Å². The molecule has 0 radical (unpaired) electrons. The molecule has 0 fully saturated rings. The molecule has 0 N–H and O–H groups in total. The average molecular weight is 666 g/mol. The molecule has 0 aliphatic carbocycles. The average Bonchev–Trinajstić information content (AvgIpc) is 3.77. The molecule has 0 aliphatic heterocycles. The van der Waals surface area contributed by atoms with Crippen molar-refractivity contribution < 1.29 is 4.42 Å². The summed E-state index contributed by atoms with van der Waals surface area (Å²) in [5.41, 5.74) is 7.64.